The zero-order valence-electron chi connectivity index (χ0n) is 12.4. The summed E-state index contributed by atoms with van der Waals surface area (Å²) in [7, 11) is 0. The topological polar surface area (TPSA) is 44.2 Å². The standard InChI is InChI=1S/C16H18Cl2N2OS/c1-22-16-5-3-2-4-14(16)20(10-19)9-15(21)11-6-7-12(17)13(18)8-11/h6-8,10,19H,2-5,9H2,1H3. The summed E-state index contributed by atoms with van der Waals surface area (Å²) >= 11 is 13.6. The van der Waals surface area contributed by atoms with Crippen LogP contribution in [0.15, 0.2) is 28.8 Å². The van der Waals surface area contributed by atoms with E-state index in [1.807, 2.05) is 6.26 Å². The van der Waals surface area contributed by atoms with Gasteiger partial charge >= 0.3 is 0 Å². The number of carbonyl (C=O) groups excluding carboxylic acids is 1. The summed E-state index contributed by atoms with van der Waals surface area (Å²) in [6.45, 7) is 0.154. The smallest absolute Gasteiger partial charge is 0.182 e. The monoisotopic (exact) mass is 356 g/mol. The van der Waals surface area contributed by atoms with Crippen LogP contribution in [0.4, 0.5) is 0 Å². The van der Waals surface area contributed by atoms with Gasteiger partial charge < -0.3 is 4.90 Å². The molecule has 0 atom stereocenters. The molecule has 1 aliphatic carbocycles. The summed E-state index contributed by atoms with van der Waals surface area (Å²) in [6.07, 6.45) is 7.51. The molecule has 0 fully saturated rings. The first kappa shape index (κ1) is 17.4. The number of thioether (sulfide) groups is 1. The summed E-state index contributed by atoms with van der Waals surface area (Å²) < 4.78 is 0. The highest BCUT2D eigenvalue weighted by Gasteiger charge is 2.20. The van der Waals surface area contributed by atoms with Crippen molar-refractivity contribution in [3.8, 4) is 0 Å². The molecule has 0 aliphatic heterocycles. The van der Waals surface area contributed by atoms with Gasteiger partial charge in [-0.3, -0.25) is 10.2 Å². The first-order valence-electron chi connectivity index (χ1n) is 7.08. The Kier molecular flexibility index (Phi) is 6.36. The molecule has 0 heterocycles. The third-order valence-electron chi connectivity index (χ3n) is 3.69. The summed E-state index contributed by atoms with van der Waals surface area (Å²) in [6, 6.07) is 4.88. The van der Waals surface area contributed by atoms with Crippen LogP contribution in [0.1, 0.15) is 36.0 Å². The van der Waals surface area contributed by atoms with Gasteiger partial charge in [0.05, 0.1) is 22.9 Å². The summed E-state index contributed by atoms with van der Waals surface area (Å²) in [5.41, 5.74) is 1.62. The Morgan fingerprint density at radius 2 is 2.05 bits per heavy atom. The number of carbonyl (C=O) groups is 1. The maximum absolute atomic E-state index is 12.4. The molecular weight excluding hydrogens is 339 g/mol. The molecule has 1 aromatic carbocycles. The van der Waals surface area contributed by atoms with E-state index >= 15 is 0 Å². The normalized spacial score (nSPS) is 14.9. The molecule has 0 amide bonds. The molecule has 1 N–H and O–H groups in total. The van der Waals surface area contributed by atoms with Crippen LogP contribution in [-0.2, 0) is 0 Å². The van der Waals surface area contributed by atoms with E-state index < -0.39 is 0 Å². The first-order valence-corrected chi connectivity index (χ1v) is 9.06. The van der Waals surface area contributed by atoms with Gasteiger partial charge in [0.1, 0.15) is 0 Å². The molecule has 6 heteroatoms. The number of Topliss-reactive ketones (excluding diaryl/α,β-unsaturated/α-hetero) is 1. The highest BCUT2D eigenvalue weighted by molar-refractivity contribution is 8.02. The van der Waals surface area contributed by atoms with E-state index in [9.17, 15) is 4.79 Å². The molecule has 1 aromatic rings. The minimum Gasteiger partial charge on any atom is -0.328 e. The van der Waals surface area contributed by atoms with Crippen molar-refractivity contribution in [1.82, 2.24) is 4.90 Å². The third kappa shape index (κ3) is 4.06. The van der Waals surface area contributed by atoms with Crippen LogP contribution in [0.2, 0.25) is 10.0 Å². The van der Waals surface area contributed by atoms with Crippen LogP contribution in [0.3, 0.4) is 0 Å². The molecule has 0 aromatic heterocycles. The van der Waals surface area contributed by atoms with E-state index in [2.05, 4.69) is 0 Å². The van der Waals surface area contributed by atoms with Gasteiger partial charge in [-0.2, -0.15) is 0 Å². The average Bonchev–Trinajstić information content (AvgIpc) is 2.54. The van der Waals surface area contributed by atoms with Gasteiger partial charge in [-0.15, -0.1) is 11.8 Å². The van der Waals surface area contributed by atoms with Gasteiger partial charge in [-0.25, -0.2) is 0 Å². The van der Waals surface area contributed by atoms with Crippen molar-refractivity contribution >= 4 is 47.1 Å². The molecule has 3 nitrogen and oxygen atoms in total. The Morgan fingerprint density at radius 3 is 2.68 bits per heavy atom. The Hall–Kier alpha value is -0.970. The second-order valence-corrected chi connectivity index (χ2v) is 6.81. The Balaban J connectivity index is 2.19. The van der Waals surface area contributed by atoms with Crippen molar-refractivity contribution < 1.29 is 4.79 Å². The van der Waals surface area contributed by atoms with Gasteiger partial charge in [0, 0.05) is 16.2 Å². The molecule has 0 saturated carbocycles. The number of nitrogens with zero attached hydrogens (tertiary/aromatic N) is 1. The van der Waals surface area contributed by atoms with Crippen LogP contribution < -0.4 is 0 Å². The van der Waals surface area contributed by atoms with Crippen molar-refractivity contribution in [2.45, 2.75) is 25.7 Å². The summed E-state index contributed by atoms with van der Waals surface area (Å²) in [4.78, 5) is 15.5. The lowest BCUT2D eigenvalue weighted by Crippen LogP contribution is -2.29. The minimum atomic E-state index is -0.0689. The second kappa shape index (κ2) is 8.04. The Morgan fingerprint density at radius 1 is 1.32 bits per heavy atom. The molecule has 0 unspecified atom stereocenters. The van der Waals surface area contributed by atoms with Crippen molar-refractivity contribution in [3.63, 3.8) is 0 Å². The van der Waals surface area contributed by atoms with Crippen LogP contribution in [-0.4, -0.2) is 29.8 Å². The molecule has 0 spiro atoms. The predicted octanol–water partition coefficient (Wildman–Crippen LogP) is 5.23. The third-order valence-corrected chi connectivity index (χ3v) is 5.37. The number of rotatable bonds is 6. The molecule has 22 heavy (non-hydrogen) atoms. The number of ketones is 1. The van der Waals surface area contributed by atoms with Gasteiger partial charge in [0.25, 0.3) is 0 Å². The highest BCUT2D eigenvalue weighted by Crippen LogP contribution is 2.33. The van der Waals surface area contributed by atoms with Gasteiger partial charge in [0.2, 0.25) is 0 Å². The predicted molar refractivity (Wildman–Crippen MR) is 95.3 cm³/mol. The zero-order valence-corrected chi connectivity index (χ0v) is 14.7. The zero-order chi connectivity index (χ0) is 16.1. The Bertz CT molecular complexity index is 616. The molecule has 0 saturated heterocycles. The van der Waals surface area contributed by atoms with Crippen molar-refractivity contribution in [1.29, 1.82) is 5.41 Å². The van der Waals surface area contributed by atoms with E-state index in [0.717, 1.165) is 25.0 Å². The molecular formula is C16H18Cl2N2OS. The fourth-order valence-corrected chi connectivity index (χ4v) is 3.62. The minimum absolute atomic E-state index is 0.0689. The van der Waals surface area contributed by atoms with E-state index in [4.69, 9.17) is 28.6 Å². The lowest BCUT2D eigenvalue weighted by atomic mass is 10.0. The first-order chi connectivity index (χ1) is 10.6. The maximum atomic E-state index is 12.4. The molecule has 0 radical (unpaired) electrons. The average molecular weight is 357 g/mol. The number of benzene rings is 1. The Labute approximate surface area is 145 Å². The summed E-state index contributed by atoms with van der Waals surface area (Å²) in [5, 5.41) is 8.45. The largest absolute Gasteiger partial charge is 0.328 e. The number of nitrogens with one attached hydrogen (secondary N) is 1. The van der Waals surface area contributed by atoms with Crippen LogP contribution >= 0.6 is 35.0 Å². The molecule has 0 bridgehead atoms. The lowest BCUT2D eigenvalue weighted by molar-refractivity contribution is 0.0971. The molecule has 118 valence electrons. The van der Waals surface area contributed by atoms with Crippen LogP contribution in [0, 0.1) is 5.41 Å². The SMILES string of the molecule is CSC1=C(N(C=N)CC(=O)c2ccc(Cl)c(Cl)c2)CCCC1. The molecule has 1 aliphatic rings. The fraction of sp³-hybridized carbons (Fsp3) is 0.375. The van der Waals surface area contributed by atoms with Gasteiger partial charge in [-0.1, -0.05) is 23.2 Å². The van der Waals surface area contributed by atoms with Crippen LogP contribution in [0.5, 0.6) is 0 Å². The lowest BCUT2D eigenvalue weighted by Gasteiger charge is -2.27. The van der Waals surface area contributed by atoms with Gasteiger partial charge in [-0.05, 0) is 50.1 Å². The van der Waals surface area contributed by atoms with E-state index in [-0.39, 0.29) is 12.3 Å². The maximum Gasteiger partial charge on any atom is 0.182 e. The highest BCUT2D eigenvalue weighted by atomic mass is 35.5. The number of allylic oxidation sites excluding steroid dienone is 2. The number of hydrogen-bond acceptors (Lipinski definition) is 3. The van der Waals surface area contributed by atoms with E-state index in [1.54, 1.807) is 34.9 Å². The molecule has 2 rings (SSSR count). The number of halogens is 2. The van der Waals surface area contributed by atoms with Crippen molar-refractivity contribution in [3.05, 3.63) is 44.4 Å². The second-order valence-electron chi connectivity index (χ2n) is 5.09. The van der Waals surface area contributed by atoms with Crippen molar-refractivity contribution in [2.75, 3.05) is 12.8 Å². The van der Waals surface area contributed by atoms with E-state index in [0.29, 0.717) is 15.6 Å². The van der Waals surface area contributed by atoms with E-state index in [1.165, 1.54) is 17.7 Å². The van der Waals surface area contributed by atoms with Crippen LogP contribution in [0.25, 0.3) is 0 Å². The summed E-state index contributed by atoms with van der Waals surface area (Å²) in [5.74, 6) is -0.0689. The number of hydrogen-bond donors (Lipinski definition) is 1. The van der Waals surface area contributed by atoms with Gasteiger partial charge in [0.15, 0.2) is 5.78 Å². The fourth-order valence-electron chi connectivity index (χ4n) is 2.52. The quantitative estimate of drug-likeness (QED) is 0.430. The van der Waals surface area contributed by atoms with Crippen molar-refractivity contribution in [2.24, 2.45) is 0 Å².